The Balaban J connectivity index is 0.00000323. The first-order valence-corrected chi connectivity index (χ1v) is 12.8. The van der Waals surface area contributed by atoms with E-state index in [0.29, 0.717) is 18.8 Å². The molecule has 0 saturated carbocycles. The summed E-state index contributed by atoms with van der Waals surface area (Å²) in [5.74, 6) is -0.185. The molecule has 3 nitrogen and oxygen atoms in total. The van der Waals surface area contributed by atoms with E-state index in [1.165, 1.54) is 30.3 Å². The summed E-state index contributed by atoms with van der Waals surface area (Å²) in [6, 6.07) is 27.5. The van der Waals surface area contributed by atoms with Crippen molar-refractivity contribution in [1.82, 2.24) is 4.57 Å². The summed E-state index contributed by atoms with van der Waals surface area (Å²) in [5.41, 5.74) is 5.59. The van der Waals surface area contributed by atoms with Crippen LogP contribution in [0.25, 0.3) is 21.8 Å². The predicted octanol–water partition coefficient (Wildman–Crippen LogP) is 4.49. The number of ether oxygens (including phenoxy) is 1. The fourth-order valence-corrected chi connectivity index (χ4v) is 5.15. The van der Waals surface area contributed by atoms with Crippen molar-refractivity contribution in [3.05, 3.63) is 143 Å². The lowest BCUT2D eigenvalue weighted by atomic mass is 10.1. The van der Waals surface area contributed by atoms with E-state index in [4.69, 9.17) is 4.74 Å². The lowest BCUT2D eigenvalue weighted by Crippen LogP contribution is -3.00. The van der Waals surface area contributed by atoms with E-state index in [1.54, 1.807) is 30.3 Å². The van der Waals surface area contributed by atoms with Crippen LogP contribution in [0.15, 0.2) is 103 Å². The van der Waals surface area contributed by atoms with Gasteiger partial charge in [-0.3, -0.25) is 0 Å². The summed E-state index contributed by atoms with van der Waals surface area (Å²) in [7, 11) is 0. The van der Waals surface area contributed by atoms with Gasteiger partial charge in [-0.1, -0.05) is 24.3 Å². The van der Waals surface area contributed by atoms with Gasteiger partial charge in [0.05, 0.1) is 5.52 Å². The fourth-order valence-electron chi connectivity index (χ4n) is 5.15. The molecular formula is C33H26BrF3N2O. The molecule has 0 atom stereocenters. The maximum Gasteiger partial charge on any atom is 0.203 e. The van der Waals surface area contributed by atoms with Gasteiger partial charge in [-0.2, -0.15) is 4.57 Å². The Kier molecular flexibility index (Phi) is 7.94. The van der Waals surface area contributed by atoms with Crippen LogP contribution in [0.5, 0.6) is 5.75 Å². The summed E-state index contributed by atoms with van der Waals surface area (Å²) in [5, 5.41) is 2.13. The maximum absolute atomic E-state index is 14.1. The SMILES string of the molecule is Cc1c2c(cc[n+]1Cc1ccc(F)cc1)c1ccc(OCc3cccc(F)c3)cc1n2Cc1cccc(F)c1.[Br-]. The highest BCUT2D eigenvalue weighted by atomic mass is 79.9. The summed E-state index contributed by atoms with van der Waals surface area (Å²) in [6.07, 6.45) is 2.04. The lowest BCUT2D eigenvalue weighted by molar-refractivity contribution is -0.693. The van der Waals surface area contributed by atoms with Crippen LogP contribution in [-0.4, -0.2) is 4.57 Å². The van der Waals surface area contributed by atoms with Gasteiger partial charge >= 0.3 is 0 Å². The smallest absolute Gasteiger partial charge is 0.203 e. The number of hydrogen-bond donors (Lipinski definition) is 0. The number of rotatable bonds is 7. The van der Waals surface area contributed by atoms with Crippen molar-refractivity contribution in [3.8, 4) is 5.75 Å². The molecule has 0 bridgehead atoms. The molecular weight excluding hydrogens is 577 g/mol. The van der Waals surface area contributed by atoms with Crippen molar-refractivity contribution in [2.24, 2.45) is 0 Å². The molecule has 202 valence electrons. The first-order chi connectivity index (χ1) is 18.9. The second-order valence-corrected chi connectivity index (χ2v) is 9.73. The zero-order valence-corrected chi connectivity index (χ0v) is 23.3. The monoisotopic (exact) mass is 602 g/mol. The van der Waals surface area contributed by atoms with Gasteiger partial charge in [0.2, 0.25) is 5.69 Å². The van der Waals surface area contributed by atoms with Crippen molar-refractivity contribution in [3.63, 3.8) is 0 Å². The average Bonchev–Trinajstić information content (AvgIpc) is 3.23. The number of halogens is 4. The minimum absolute atomic E-state index is 0. The van der Waals surface area contributed by atoms with E-state index >= 15 is 0 Å². The van der Waals surface area contributed by atoms with E-state index in [2.05, 4.69) is 22.1 Å². The van der Waals surface area contributed by atoms with E-state index in [9.17, 15) is 13.2 Å². The molecule has 40 heavy (non-hydrogen) atoms. The van der Waals surface area contributed by atoms with Crippen molar-refractivity contribution < 1.29 is 39.5 Å². The average molecular weight is 603 g/mol. The van der Waals surface area contributed by atoms with Gasteiger partial charge in [-0.15, -0.1) is 0 Å². The first-order valence-electron chi connectivity index (χ1n) is 12.8. The van der Waals surface area contributed by atoms with Crippen molar-refractivity contribution >= 4 is 21.8 Å². The molecule has 2 aromatic heterocycles. The molecule has 4 aromatic carbocycles. The molecule has 0 radical (unpaired) electrons. The van der Waals surface area contributed by atoms with Crippen LogP contribution in [0.4, 0.5) is 13.2 Å². The molecule has 0 N–H and O–H groups in total. The lowest BCUT2D eigenvalue weighted by Gasteiger charge is -2.11. The fraction of sp³-hybridized carbons (Fsp3) is 0.121. The molecule has 0 aliphatic heterocycles. The molecule has 6 rings (SSSR count). The molecule has 0 unspecified atom stereocenters. The summed E-state index contributed by atoms with van der Waals surface area (Å²) < 4.78 is 51.6. The minimum Gasteiger partial charge on any atom is -1.00 e. The zero-order chi connectivity index (χ0) is 26.9. The van der Waals surface area contributed by atoms with Crippen LogP contribution in [0.3, 0.4) is 0 Å². The highest BCUT2D eigenvalue weighted by Gasteiger charge is 2.20. The van der Waals surface area contributed by atoms with Crippen molar-refractivity contribution in [2.45, 2.75) is 26.6 Å². The minimum atomic E-state index is -0.300. The molecule has 0 spiro atoms. The molecule has 7 heteroatoms. The normalized spacial score (nSPS) is 11.1. The number of aryl methyl sites for hydroxylation is 1. The topological polar surface area (TPSA) is 18.0 Å². The standard InChI is InChI=1S/C33H26F3N2O.BrH/c1-22-33-31(14-15-37(22)19-23-8-10-26(34)11-9-23)30-13-12-29(39-21-25-5-3-7-28(36)17-25)18-32(30)38(33)20-24-4-2-6-27(35)16-24;/h2-18H,19-21H2,1H3;1H/q+1;/p-1. The van der Waals surface area contributed by atoms with Crippen LogP contribution >= 0.6 is 0 Å². The molecule has 0 fully saturated rings. The van der Waals surface area contributed by atoms with Gasteiger partial charge in [0.25, 0.3) is 0 Å². The van der Waals surface area contributed by atoms with E-state index in [-0.39, 0.29) is 41.0 Å². The number of fused-ring (bicyclic) bond motifs is 3. The Morgan fingerprint density at radius 3 is 2.12 bits per heavy atom. The summed E-state index contributed by atoms with van der Waals surface area (Å²) in [6.45, 7) is 3.36. The summed E-state index contributed by atoms with van der Waals surface area (Å²) in [4.78, 5) is 0. The third-order valence-corrected chi connectivity index (χ3v) is 7.06. The Bertz CT molecular complexity index is 1820. The highest BCUT2D eigenvalue weighted by Crippen LogP contribution is 2.33. The van der Waals surface area contributed by atoms with E-state index in [0.717, 1.165) is 44.2 Å². The highest BCUT2D eigenvalue weighted by molar-refractivity contribution is 6.08. The molecule has 2 heterocycles. The first kappa shape index (κ1) is 27.5. The third-order valence-electron chi connectivity index (χ3n) is 7.06. The van der Waals surface area contributed by atoms with Gasteiger partial charge in [-0.25, -0.2) is 13.2 Å². The number of pyridine rings is 1. The van der Waals surface area contributed by atoms with Crippen LogP contribution in [-0.2, 0) is 19.7 Å². The van der Waals surface area contributed by atoms with Gasteiger partial charge in [-0.05, 0) is 71.8 Å². The maximum atomic E-state index is 14.1. The van der Waals surface area contributed by atoms with Crippen molar-refractivity contribution in [1.29, 1.82) is 0 Å². The van der Waals surface area contributed by atoms with E-state index in [1.807, 2.05) is 36.5 Å². The van der Waals surface area contributed by atoms with Gasteiger partial charge in [0.15, 0.2) is 12.7 Å². The van der Waals surface area contributed by atoms with Gasteiger partial charge < -0.3 is 26.3 Å². The molecule has 0 saturated heterocycles. The van der Waals surface area contributed by atoms with Gasteiger partial charge in [0, 0.05) is 41.9 Å². The molecule has 0 amide bonds. The third kappa shape index (κ3) is 5.61. The molecule has 0 aliphatic carbocycles. The van der Waals surface area contributed by atoms with Crippen LogP contribution in [0.2, 0.25) is 0 Å². The Morgan fingerprint density at radius 2 is 1.40 bits per heavy atom. The van der Waals surface area contributed by atoms with Crippen LogP contribution in [0.1, 0.15) is 22.4 Å². The quantitative estimate of drug-likeness (QED) is 0.246. The Labute approximate surface area is 240 Å². The number of benzene rings is 4. The number of hydrogen-bond acceptors (Lipinski definition) is 1. The molecule has 6 aromatic rings. The zero-order valence-electron chi connectivity index (χ0n) is 21.8. The number of nitrogens with zero attached hydrogens (tertiary/aromatic N) is 2. The summed E-state index contributed by atoms with van der Waals surface area (Å²) >= 11 is 0. The molecule has 0 aliphatic rings. The predicted molar refractivity (Wildman–Crippen MR) is 146 cm³/mol. The van der Waals surface area contributed by atoms with Crippen molar-refractivity contribution in [2.75, 3.05) is 0 Å². The van der Waals surface area contributed by atoms with Crippen LogP contribution in [0, 0.1) is 24.4 Å². The Morgan fingerprint density at radius 1 is 0.700 bits per heavy atom. The van der Waals surface area contributed by atoms with Gasteiger partial charge in [0.1, 0.15) is 35.3 Å². The number of aromatic nitrogens is 2. The largest absolute Gasteiger partial charge is 1.00 e. The second kappa shape index (κ2) is 11.6. The van der Waals surface area contributed by atoms with Crippen LogP contribution < -0.4 is 26.3 Å². The van der Waals surface area contributed by atoms with E-state index < -0.39 is 0 Å². The Hall–Kier alpha value is -4.10. The second-order valence-electron chi connectivity index (χ2n) is 9.73.